The van der Waals surface area contributed by atoms with Gasteiger partial charge >= 0.3 is 6.18 Å². The number of furan rings is 1. The van der Waals surface area contributed by atoms with Crippen LogP contribution in [-0.2, 0) is 17.9 Å². The van der Waals surface area contributed by atoms with Gasteiger partial charge in [0.1, 0.15) is 11.5 Å². The molecule has 0 aliphatic rings. The van der Waals surface area contributed by atoms with Crippen LogP contribution in [0.2, 0.25) is 0 Å². The number of benzene rings is 1. The van der Waals surface area contributed by atoms with Crippen LogP contribution in [0.4, 0.5) is 13.2 Å². The average Bonchev–Trinajstić information content (AvgIpc) is 3.21. The van der Waals surface area contributed by atoms with Crippen molar-refractivity contribution in [3.8, 4) is 5.75 Å². The molecule has 1 aromatic carbocycles. The van der Waals surface area contributed by atoms with Gasteiger partial charge in [-0.15, -0.1) is 24.0 Å². The number of aryl methyl sites for hydroxylation is 1. The van der Waals surface area contributed by atoms with Gasteiger partial charge in [0.2, 0.25) is 5.91 Å². The maximum atomic E-state index is 12.5. The summed E-state index contributed by atoms with van der Waals surface area (Å²) < 4.78 is 47.6. The van der Waals surface area contributed by atoms with E-state index in [0.29, 0.717) is 23.8 Å². The van der Waals surface area contributed by atoms with Gasteiger partial charge in [0.25, 0.3) is 0 Å². The molecule has 0 saturated carbocycles. The zero-order valence-corrected chi connectivity index (χ0v) is 19.5. The van der Waals surface area contributed by atoms with Crippen LogP contribution in [0, 0.1) is 6.92 Å². The number of rotatable bonds is 9. The Hall–Kier alpha value is -2.44. The van der Waals surface area contributed by atoms with Gasteiger partial charge in [0.15, 0.2) is 12.6 Å². The number of nitrogens with zero attached hydrogens (tertiary/aromatic N) is 1. The molecule has 0 fully saturated rings. The Kier molecular flexibility index (Phi) is 11.2. The third-order valence-corrected chi connectivity index (χ3v) is 3.82. The molecule has 3 N–H and O–H groups in total. The molecule has 0 spiro atoms. The van der Waals surface area contributed by atoms with Crippen molar-refractivity contribution in [2.45, 2.75) is 33.1 Å². The number of amides is 1. The van der Waals surface area contributed by atoms with Crippen LogP contribution in [-0.4, -0.2) is 37.7 Å². The SMILES string of the molecule is CCNC(=NCc1ccc(C)cc1OCC(F)(F)F)NCC(=O)NCc1ccco1.I. The van der Waals surface area contributed by atoms with Crippen LogP contribution in [0.25, 0.3) is 0 Å². The maximum Gasteiger partial charge on any atom is 0.422 e. The molecule has 172 valence electrons. The van der Waals surface area contributed by atoms with E-state index in [2.05, 4.69) is 20.9 Å². The average molecular weight is 554 g/mol. The first-order valence-electron chi connectivity index (χ1n) is 9.37. The lowest BCUT2D eigenvalue weighted by Gasteiger charge is -2.14. The molecule has 0 bridgehead atoms. The fourth-order valence-electron chi connectivity index (χ4n) is 2.42. The van der Waals surface area contributed by atoms with Crippen LogP contribution in [0.5, 0.6) is 5.75 Å². The predicted octanol–water partition coefficient (Wildman–Crippen LogP) is 3.52. The summed E-state index contributed by atoms with van der Waals surface area (Å²) in [5.74, 6) is 0.854. The summed E-state index contributed by atoms with van der Waals surface area (Å²) in [5.41, 5.74) is 1.28. The second kappa shape index (κ2) is 13.1. The summed E-state index contributed by atoms with van der Waals surface area (Å²) in [5, 5.41) is 8.57. The highest BCUT2D eigenvalue weighted by molar-refractivity contribution is 14.0. The smallest absolute Gasteiger partial charge is 0.422 e. The van der Waals surface area contributed by atoms with E-state index in [4.69, 9.17) is 9.15 Å². The minimum Gasteiger partial charge on any atom is -0.484 e. The van der Waals surface area contributed by atoms with Crippen molar-refractivity contribution in [1.29, 1.82) is 0 Å². The topological polar surface area (TPSA) is 87.9 Å². The molecule has 0 aliphatic heterocycles. The van der Waals surface area contributed by atoms with Crippen LogP contribution >= 0.6 is 24.0 Å². The molecule has 0 saturated heterocycles. The van der Waals surface area contributed by atoms with Gasteiger partial charge in [-0.25, -0.2) is 4.99 Å². The van der Waals surface area contributed by atoms with Crippen molar-refractivity contribution >= 4 is 35.8 Å². The summed E-state index contributed by atoms with van der Waals surface area (Å²) in [6.45, 7) is 3.12. The summed E-state index contributed by atoms with van der Waals surface area (Å²) in [6, 6.07) is 8.46. The lowest BCUT2D eigenvalue weighted by atomic mass is 10.1. The number of guanidine groups is 1. The third kappa shape index (κ3) is 10.4. The maximum absolute atomic E-state index is 12.5. The first kappa shape index (κ1) is 26.6. The minimum atomic E-state index is -4.43. The van der Waals surface area contributed by atoms with E-state index in [-0.39, 0.29) is 55.3 Å². The number of carbonyl (C=O) groups is 1. The van der Waals surface area contributed by atoms with Crippen LogP contribution < -0.4 is 20.7 Å². The second-order valence-electron chi connectivity index (χ2n) is 6.42. The van der Waals surface area contributed by atoms with E-state index >= 15 is 0 Å². The number of ether oxygens (including phenoxy) is 1. The fourth-order valence-corrected chi connectivity index (χ4v) is 2.42. The molecule has 0 aliphatic carbocycles. The standard InChI is InChI=1S/C20H25F3N4O3.HI/c1-3-24-19(27-12-18(28)25-11-16-5-4-8-29-16)26-10-15-7-6-14(2)9-17(15)30-13-20(21,22)23;/h4-9H,3,10-13H2,1-2H3,(H,25,28)(H2,24,26,27);1H. The molecule has 7 nitrogen and oxygen atoms in total. The lowest BCUT2D eigenvalue weighted by molar-refractivity contribution is -0.153. The zero-order valence-electron chi connectivity index (χ0n) is 17.2. The van der Waals surface area contributed by atoms with Gasteiger partial charge in [0.05, 0.1) is 25.9 Å². The first-order chi connectivity index (χ1) is 14.3. The molecule has 0 unspecified atom stereocenters. The van der Waals surface area contributed by atoms with Crippen molar-refractivity contribution in [2.75, 3.05) is 19.7 Å². The molecular formula is C20H26F3IN4O3. The van der Waals surface area contributed by atoms with Gasteiger partial charge < -0.3 is 25.1 Å². The molecule has 31 heavy (non-hydrogen) atoms. The van der Waals surface area contributed by atoms with Gasteiger partial charge in [-0.05, 0) is 37.6 Å². The number of nitrogens with one attached hydrogen (secondary N) is 3. The van der Waals surface area contributed by atoms with E-state index in [1.807, 2.05) is 6.92 Å². The summed E-state index contributed by atoms with van der Waals surface area (Å²) in [4.78, 5) is 16.3. The van der Waals surface area contributed by atoms with Crippen LogP contribution in [0.3, 0.4) is 0 Å². The molecule has 2 aromatic rings. The van der Waals surface area contributed by atoms with Crippen molar-refractivity contribution in [2.24, 2.45) is 4.99 Å². The number of hydrogen-bond donors (Lipinski definition) is 3. The molecule has 2 rings (SSSR count). The zero-order chi connectivity index (χ0) is 22.0. The fraction of sp³-hybridized carbons (Fsp3) is 0.400. The predicted molar refractivity (Wildman–Crippen MR) is 122 cm³/mol. The number of carbonyl (C=O) groups excluding carboxylic acids is 1. The molecular weight excluding hydrogens is 528 g/mol. The third-order valence-electron chi connectivity index (χ3n) is 3.82. The second-order valence-corrected chi connectivity index (χ2v) is 6.42. The number of alkyl halides is 3. The molecule has 1 heterocycles. The quantitative estimate of drug-likeness (QED) is 0.251. The minimum absolute atomic E-state index is 0. The molecule has 0 atom stereocenters. The van der Waals surface area contributed by atoms with Crippen LogP contribution in [0.1, 0.15) is 23.8 Å². The van der Waals surface area contributed by atoms with E-state index in [0.717, 1.165) is 5.56 Å². The first-order valence-corrected chi connectivity index (χ1v) is 9.37. The lowest BCUT2D eigenvalue weighted by Crippen LogP contribution is -2.43. The highest BCUT2D eigenvalue weighted by atomic mass is 127. The van der Waals surface area contributed by atoms with E-state index < -0.39 is 12.8 Å². The Balaban J connectivity index is 0.00000480. The number of hydrogen-bond acceptors (Lipinski definition) is 4. The van der Waals surface area contributed by atoms with Crippen LogP contribution in [0.15, 0.2) is 46.0 Å². The summed E-state index contributed by atoms with van der Waals surface area (Å²) in [6.07, 6.45) is -2.91. The molecule has 1 aromatic heterocycles. The van der Waals surface area contributed by atoms with Crippen molar-refractivity contribution in [1.82, 2.24) is 16.0 Å². The van der Waals surface area contributed by atoms with Crippen molar-refractivity contribution < 1.29 is 27.1 Å². The molecule has 0 radical (unpaired) electrons. The Morgan fingerprint density at radius 3 is 2.61 bits per heavy atom. The summed E-state index contributed by atoms with van der Waals surface area (Å²) in [7, 11) is 0. The van der Waals surface area contributed by atoms with Gasteiger partial charge in [-0.3, -0.25) is 4.79 Å². The monoisotopic (exact) mass is 554 g/mol. The number of halogens is 4. The van der Waals surface area contributed by atoms with E-state index in [9.17, 15) is 18.0 Å². The van der Waals surface area contributed by atoms with Gasteiger partial charge in [-0.1, -0.05) is 12.1 Å². The highest BCUT2D eigenvalue weighted by Crippen LogP contribution is 2.24. The Morgan fingerprint density at radius 2 is 1.97 bits per heavy atom. The Labute approximate surface area is 195 Å². The van der Waals surface area contributed by atoms with Gasteiger partial charge in [-0.2, -0.15) is 13.2 Å². The van der Waals surface area contributed by atoms with E-state index in [1.165, 1.54) is 6.26 Å². The Morgan fingerprint density at radius 1 is 1.19 bits per heavy atom. The summed E-state index contributed by atoms with van der Waals surface area (Å²) >= 11 is 0. The van der Waals surface area contributed by atoms with E-state index in [1.54, 1.807) is 37.3 Å². The normalized spacial score (nSPS) is 11.5. The number of aliphatic imine (C=N–C) groups is 1. The Bertz CT molecular complexity index is 843. The highest BCUT2D eigenvalue weighted by Gasteiger charge is 2.28. The molecule has 11 heteroatoms. The largest absolute Gasteiger partial charge is 0.484 e. The van der Waals surface area contributed by atoms with Crippen molar-refractivity contribution in [3.63, 3.8) is 0 Å². The molecule has 1 amide bonds. The van der Waals surface area contributed by atoms with Crippen molar-refractivity contribution in [3.05, 3.63) is 53.5 Å². The van der Waals surface area contributed by atoms with Gasteiger partial charge in [0, 0.05) is 12.1 Å².